The topological polar surface area (TPSA) is 59.1 Å². The maximum Gasteiger partial charge on any atom is 0.150 e. The van der Waals surface area contributed by atoms with Crippen LogP contribution >= 0.6 is 23.1 Å². The number of nitrogens with zero attached hydrogens (tertiary/aromatic N) is 1. The van der Waals surface area contributed by atoms with Crippen LogP contribution in [0.25, 0.3) is 0 Å². The Labute approximate surface area is 98.1 Å². The minimum Gasteiger partial charge on any atom is -0.387 e. The summed E-state index contributed by atoms with van der Waals surface area (Å²) < 4.78 is 1.03. The van der Waals surface area contributed by atoms with Crippen molar-refractivity contribution in [2.75, 3.05) is 12.3 Å². The molecule has 0 aromatic carbocycles. The van der Waals surface area contributed by atoms with E-state index in [1.165, 1.54) is 0 Å². The number of hydrogen-bond donors (Lipinski definition) is 2. The van der Waals surface area contributed by atoms with Crippen LogP contribution in [0, 0.1) is 12.8 Å². The van der Waals surface area contributed by atoms with Gasteiger partial charge in [-0.1, -0.05) is 11.8 Å². The molecule has 5 heteroatoms. The van der Waals surface area contributed by atoms with Gasteiger partial charge in [-0.2, -0.15) is 0 Å². The van der Waals surface area contributed by atoms with Crippen LogP contribution in [0.2, 0.25) is 0 Å². The van der Waals surface area contributed by atoms with Crippen molar-refractivity contribution in [3.8, 4) is 0 Å². The normalized spacial score (nSPS) is 20.2. The largest absolute Gasteiger partial charge is 0.387 e. The highest BCUT2D eigenvalue weighted by Gasteiger charge is 2.42. The zero-order chi connectivity index (χ0) is 10.9. The van der Waals surface area contributed by atoms with E-state index in [1.54, 1.807) is 23.1 Å². The third kappa shape index (κ3) is 2.72. The number of nitrogens with two attached hydrogens (primary N) is 1. The summed E-state index contributed by atoms with van der Waals surface area (Å²) in [6.45, 7) is 2.34. The number of thiazole rings is 1. The van der Waals surface area contributed by atoms with Gasteiger partial charge in [-0.15, -0.1) is 11.3 Å². The van der Waals surface area contributed by atoms with Gasteiger partial charge in [0.25, 0.3) is 0 Å². The van der Waals surface area contributed by atoms with Gasteiger partial charge in [-0.25, -0.2) is 4.98 Å². The summed E-state index contributed by atoms with van der Waals surface area (Å²) in [5.41, 5.74) is 6.01. The SMILES string of the molecule is Cc1csc(SCC(O)(CN)C2CC2)n1. The molecule has 1 heterocycles. The van der Waals surface area contributed by atoms with Crippen molar-refractivity contribution in [1.82, 2.24) is 4.98 Å². The molecule has 84 valence electrons. The van der Waals surface area contributed by atoms with Gasteiger partial charge in [0.15, 0.2) is 0 Å². The van der Waals surface area contributed by atoms with E-state index in [2.05, 4.69) is 4.98 Å². The monoisotopic (exact) mass is 244 g/mol. The molecule has 1 unspecified atom stereocenters. The van der Waals surface area contributed by atoms with Gasteiger partial charge in [-0.3, -0.25) is 0 Å². The first-order chi connectivity index (χ1) is 7.14. The molecule has 1 fully saturated rings. The Hall–Kier alpha value is -0.100. The summed E-state index contributed by atoms with van der Waals surface area (Å²) in [6.07, 6.45) is 2.23. The Morgan fingerprint density at radius 2 is 2.47 bits per heavy atom. The molecule has 3 nitrogen and oxygen atoms in total. The van der Waals surface area contributed by atoms with Gasteiger partial charge in [0, 0.05) is 23.4 Å². The second-order valence-electron chi connectivity index (χ2n) is 4.13. The summed E-state index contributed by atoms with van der Waals surface area (Å²) in [5.74, 6) is 1.08. The third-order valence-electron chi connectivity index (χ3n) is 2.73. The van der Waals surface area contributed by atoms with Crippen molar-refractivity contribution < 1.29 is 5.11 Å². The average molecular weight is 244 g/mol. The van der Waals surface area contributed by atoms with Gasteiger partial charge in [-0.05, 0) is 25.7 Å². The van der Waals surface area contributed by atoms with E-state index < -0.39 is 5.60 Å². The molecule has 1 aromatic rings. The average Bonchev–Trinajstić information content (AvgIpc) is 3.00. The molecular formula is C10H16N2OS2. The first-order valence-electron chi connectivity index (χ1n) is 5.11. The van der Waals surface area contributed by atoms with Crippen LogP contribution in [-0.4, -0.2) is 28.0 Å². The molecule has 0 radical (unpaired) electrons. The van der Waals surface area contributed by atoms with Crippen LogP contribution in [0.5, 0.6) is 0 Å². The van der Waals surface area contributed by atoms with E-state index in [4.69, 9.17) is 5.73 Å². The number of rotatable bonds is 5. The minimum absolute atomic E-state index is 0.356. The first-order valence-corrected chi connectivity index (χ1v) is 6.98. The molecule has 0 saturated heterocycles. The molecule has 0 aliphatic heterocycles. The Morgan fingerprint density at radius 1 is 1.73 bits per heavy atom. The van der Waals surface area contributed by atoms with Crippen molar-refractivity contribution >= 4 is 23.1 Å². The molecule has 1 aliphatic rings. The highest BCUT2D eigenvalue weighted by molar-refractivity contribution is 8.01. The maximum absolute atomic E-state index is 10.3. The number of aryl methyl sites for hydroxylation is 1. The standard InChI is InChI=1S/C10H16N2OS2/c1-7-4-14-9(12-7)15-6-10(13,5-11)8-2-3-8/h4,8,13H,2-3,5-6,11H2,1H3. The summed E-state index contributed by atoms with van der Waals surface area (Å²) >= 11 is 3.25. The van der Waals surface area contributed by atoms with Crippen LogP contribution < -0.4 is 5.73 Å². The van der Waals surface area contributed by atoms with Gasteiger partial charge in [0.05, 0.1) is 5.60 Å². The molecule has 15 heavy (non-hydrogen) atoms. The summed E-state index contributed by atoms with van der Waals surface area (Å²) in [4.78, 5) is 4.36. The second kappa shape index (κ2) is 4.41. The van der Waals surface area contributed by atoms with Crippen LogP contribution in [-0.2, 0) is 0 Å². The predicted octanol–water partition coefficient (Wildman–Crippen LogP) is 1.64. The predicted molar refractivity (Wildman–Crippen MR) is 64.3 cm³/mol. The second-order valence-corrected chi connectivity index (χ2v) is 6.21. The van der Waals surface area contributed by atoms with Crippen LogP contribution in [0.15, 0.2) is 9.72 Å². The minimum atomic E-state index is -0.676. The lowest BCUT2D eigenvalue weighted by Crippen LogP contribution is -2.42. The van der Waals surface area contributed by atoms with Gasteiger partial charge < -0.3 is 10.8 Å². The van der Waals surface area contributed by atoms with E-state index in [-0.39, 0.29) is 0 Å². The van der Waals surface area contributed by atoms with Crippen LogP contribution in [0.4, 0.5) is 0 Å². The Balaban J connectivity index is 1.91. The van der Waals surface area contributed by atoms with Crippen LogP contribution in [0.3, 0.4) is 0 Å². The van der Waals surface area contributed by atoms with E-state index in [9.17, 15) is 5.11 Å². The summed E-state index contributed by atoms with van der Waals surface area (Å²) in [6, 6.07) is 0. The maximum atomic E-state index is 10.3. The van der Waals surface area contributed by atoms with Crippen molar-refractivity contribution in [3.05, 3.63) is 11.1 Å². The highest BCUT2D eigenvalue weighted by Crippen LogP contribution is 2.42. The van der Waals surface area contributed by atoms with Crippen LogP contribution in [0.1, 0.15) is 18.5 Å². The van der Waals surface area contributed by atoms with E-state index in [1.807, 2.05) is 12.3 Å². The Morgan fingerprint density at radius 3 is 2.93 bits per heavy atom. The lowest BCUT2D eigenvalue weighted by molar-refractivity contribution is 0.0510. The molecule has 0 bridgehead atoms. The first kappa shape index (κ1) is 11.4. The van der Waals surface area contributed by atoms with E-state index in [0.29, 0.717) is 18.2 Å². The summed E-state index contributed by atoms with van der Waals surface area (Å²) in [7, 11) is 0. The van der Waals surface area contributed by atoms with Crippen molar-refractivity contribution in [1.29, 1.82) is 0 Å². The fraction of sp³-hybridized carbons (Fsp3) is 0.700. The van der Waals surface area contributed by atoms with Gasteiger partial charge in [0.2, 0.25) is 0 Å². The molecule has 1 aromatic heterocycles. The number of thioether (sulfide) groups is 1. The molecule has 0 amide bonds. The zero-order valence-electron chi connectivity index (χ0n) is 8.77. The molecule has 1 saturated carbocycles. The number of aliphatic hydroxyl groups is 1. The Kier molecular flexibility index (Phi) is 3.35. The van der Waals surface area contributed by atoms with E-state index >= 15 is 0 Å². The molecule has 2 rings (SSSR count). The molecular weight excluding hydrogens is 228 g/mol. The Bertz CT molecular complexity index is 338. The number of aromatic nitrogens is 1. The summed E-state index contributed by atoms with van der Waals surface area (Å²) in [5, 5.41) is 12.3. The zero-order valence-corrected chi connectivity index (χ0v) is 10.4. The number of hydrogen-bond acceptors (Lipinski definition) is 5. The van der Waals surface area contributed by atoms with Crippen molar-refractivity contribution in [3.63, 3.8) is 0 Å². The molecule has 3 N–H and O–H groups in total. The third-order valence-corrected chi connectivity index (χ3v) is 5.11. The molecule has 0 spiro atoms. The fourth-order valence-corrected chi connectivity index (χ4v) is 3.60. The molecule has 1 aliphatic carbocycles. The molecule has 1 atom stereocenters. The highest BCUT2D eigenvalue weighted by atomic mass is 32.2. The van der Waals surface area contributed by atoms with Crippen molar-refractivity contribution in [2.24, 2.45) is 11.7 Å². The quantitative estimate of drug-likeness (QED) is 0.773. The lowest BCUT2D eigenvalue weighted by atomic mass is 10.0. The van der Waals surface area contributed by atoms with E-state index in [0.717, 1.165) is 22.9 Å². The fourth-order valence-electron chi connectivity index (χ4n) is 1.55. The van der Waals surface area contributed by atoms with Gasteiger partial charge >= 0.3 is 0 Å². The smallest absolute Gasteiger partial charge is 0.150 e. The van der Waals surface area contributed by atoms with Gasteiger partial charge in [0.1, 0.15) is 4.34 Å². The lowest BCUT2D eigenvalue weighted by Gasteiger charge is -2.25. The van der Waals surface area contributed by atoms with Crippen molar-refractivity contribution in [2.45, 2.75) is 29.7 Å².